The van der Waals surface area contributed by atoms with Crippen molar-refractivity contribution >= 4 is 0 Å². The number of aromatic nitrogens is 3. The predicted molar refractivity (Wildman–Crippen MR) is 97.3 cm³/mol. The fourth-order valence-corrected chi connectivity index (χ4v) is 2.50. The SMILES string of the molecule is CCOc1cc([C@@H](N)c2n[nH]c(COc3ccc(F)cc3)n2)ccc1OC. The van der Waals surface area contributed by atoms with Crippen molar-refractivity contribution in [2.45, 2.75) is 19.6 Å². The quantitative estimate of drug-likeness (QED) is 0.631. The Morgan fingerprint density at radius 2 is 1.89 bits per heavy atom. The van der Waals surface area contributed by atoms with Gasteiger partial charge in [-0.25, -0.2) is 9.37 Å². The molecular formula is C19H21FN4O3. The topological polar surface area (TPSA) is 95.3 Å². The maximum Gasteiger partial charge on any atom is 0.172 e. The molecule has 142 valence electrons. The van der Waals surface area contributed by atoms with Crippen molar-refractivity contribution in [3.63, 3.8) is 0 Å². The highest BCUT2D eigenvalue weighted by Gasteiger charge is 2.17. The Balaban J connectivity index is 1.69. The second kappa shape index (κ2) is 8.50. The molecule has 3 rings (SSSR count). The number of methoxy groups -OCH3 is 1. The molecule has 0 radical (unpaired) electrons. The summed E-state index contributed by atoms with van der Waals surface area (Å²) < 4.78 is 29.3. The minimum absolute atomic E-state index is 0.165. The average molecular weight is 372 g/mol. The first-order chi connectivity index (χ1) is 13.1. The molecule has 0 fully saturated rings. The molecule has 0 aliphatic rings. The summed E-state index contributed by atoms with van der Waals surface area (Å²) in [4.78, 5) is 4.37. The first-order valence-corrected chi connectivity index (χ1v) is 8.46. The highest BCUT2D eigenvalue weighted by molar-refractivity contribution is 5.44. The third kappa shape index (κ3) is 4.53. The maximum absolute atomic E-state index is 12.9. The van der Waals surface area contributed by atoms with Crippen LogP contribution in [-0.4, -0.2) is 28.9 Å². The number of ether oxygens (including phenoxy) is 3. The monoisotopic (exact) mass is 372 g/mol. The van der Waals surface area contributed by atoms with Gasteiger partial charge >= 0.3 is 0 Å². The molecule has 0 saturated carbocycles. The van der Waals surface area contributed by atoms with Crippen LogP contribution in [0.15, 0.2) is 42.5 Å². The summed E-state index contributed by atoms with van der Waals surface area (Å²) in [6.07, 6.45) is 0. The van der Waals surface area contributed by atoms with E-state index in [1.807, 2.05) is 19.1 Å². The molecule has 8 heteroatoms. The van der Waals surface area contributed by atoms with Gasteiger partial charge in [-0.1, -0.05) is 6.07 Å². The Labute approximate surface area is 156 Å². The van der Waals surface area contributed by atoms with E-state index in [1.54, 1.807) is 25.3 Å². The van der Waals surface area contributed by atoms with Crippen LogP contribution in [0.1, 0.15) is 30.2 Å². The lowest BCUT2D eigenvalue weighted by molar-refractivity contribution is 0.296. The molecule has 0 amide bonds. The molecule has 1 heterocycles. The van der Waals surface area contributed by atoms with Gasteiger partial charge in [0.1, 0.15) is 18.2 Å². The molecular weight excluding hydrogens is 351 g/mol. The fraction of sp³-hybridized carbons (Fsp3) is 0.263. The van der Waals surface area contributed by atoms with Crippen LogP contribution >= 0.6 is 0 Å². The molecule has 27 heavy (non-hydrogen) atoms. The Kier molecular flexibility index (Phi) is 5.87. The van der Waals surface area contributed by atoms with Crippen molar-refractivity contribution in [2.75, 3.05) is 13.7 Å². The lowest BCUT2D eigenvalue weighted by Gasteiger charge is -2.13. The molecule has 3 aromatic rings. The average Bonchev–Trinajstić information content (AvgIpc) is 3.16. The molecule has 1 aromatic heterocycles. The van der Waals surface area contributed by atoms with Crippen LogP contribution in [0.4, 0.5) is 4.39 Å². The van der Waals surface area contributed by atoms with Crippen LogP contribution in [0, 0.1) is 5.82 Å². The van der Waals surface area contributed by atoms with E-state index >= 15 is 0 Å². The van der Waals surface area contributed by atoms with Crippen LogP contribution in [0.5, 0.6) is 17.2 Å². The van der Waals surface area contributed by atoms with Gasteiger partial charge in [0.2, 0.25) is 0 Å². The fourth-order valence-electron chi connectivity index (χ4n) is 2.50. The normalized spacial score (nSPS) is 11.9. The zero-order valence-electron chi connectivity index (χ0n) is 15.1. The summed E-state index contributed by atoms with van der Waals surface area (Å²) in [5, 5.41) is 6.97. The number of nitrogens with two attached hydrogens (primary N) is 1. The van der Waals surface area contributed by atoms with Gasteiger partial charge < -0.3 is 19.9 Å². The number of nitrogens with zero attached hydrogens (tertiary/aromatic N) is 2. The van der Waals surface area contributed by atoms with Crippen LogP contribution in [0.2, 0.25) is 0 Å². The van der Waals surface area contributed by atoms with Crippen LogP contribution in [0.3, 0.4) is 0 Å². The highest BCUT2D eigenvalue weighted by atomic mass is 19.1. The Morgan fingerprint density at radius 1 is 1.11 bits per heavy atom. The maximum atomic E-state index is 12.9. The van der Waals surface area contributed by atoms with E-state index in [-0.39, 0.29) is 12.4 Å². The first-order valence-electron chi connectivity index (χ1n) is 8.46. The molecule has 0 spiro atoms. The third-order valence-corrected chi connectivity index (χ3v) is 3.86. The minimum atomic E-state index is -0.536. The molecule has 7 nitrogen and oxygen atoms in total. The van der Waals surface area contributed by atoms with Gasteiger partial charge in [-0.3, -0.25) is 5.10 Å². The van der Waals surface area contributed by atoms with E-state index in [0.29, 0.717) is 35.5 Å². The third-order valence-electron chi connectivity index (χ3n) is 3.86. The smallest absolute Gasteiger partial charge is 0.172 e. The number of aromatic amines is 1. The number of H-pyrrole nitrogens is 1. The zero-order chi connectivity index (χ0) is 19.2. The van der Waals surface area contributed by atoms with E-state index in [4.69, 9.17) is 19.9 Å². The van der Waals surface area contributed by atoms with Crippen molar-refractivity contribution in [2.24, 2.45) is 5.73 Å². The Bertz CT molecular complexity index is 883. The number of benzene rings is 2. The van der Waals surface area contributed by atoms with E-state index in [0.717, 1.165) is 5.56 Å². The van der Waals surface area contributed by atoms with Crippen LogP contribution in [-0.2, 0) is 6.61 Å². The lowest BCUT2D eigenvalue weighted by Crippen LogP contribution is -2.14. The van der Waals surface area contributed by atoms with E-state index < -0.39 is 6.04 Å². The number of hydrogen-bond acceptors (Lipinski definition) is 6. The highest BCUT2D eigenvalue weighted by Crippen LogP contribution is 2.31. The minimum Gasteiger partial charge on any atom is -0.493 e. The summed E-state index contributed by atoms with van der Waals surface area (Å²) in [6.45, 7) is 2.58. The molecule has 1 atom stereocenters. The number of halogens is 1. The van der Waals surface area contributed by atoms with Crippen molar-refractivity contribution < 1.29 is 18.6 Å². The molecule has 0 unspecified atom stereocenters. The summed E-state index contributed by atoms with van der Waals surface area (Å²) in [7, 11) is 1.58. The van der Waals surface area contributed by atoms with E-state index in [1.165, 1.54) is 12.1 Å². The number of hydrogen-bond donors (Lipinski definition) is 2. The van der Waals surface area contributed by atoms with Gasteiger partial charge in [-0.05, 0) is 48.9 Å². The molecule has 3 N–H and O–H groups in total. The van der Waals surface area contributed by atoms with Crippen LogP contribution < -0.4 is 19.9 Å². The zero-order valence-corrected chi connectivity index (χ0v) is 15.1. The predicted octanol–water partition coefficient (Wildman–Crippen LogP) is 2.98. The second-order valence-electron chi connectivity index (χ2n) is 5.70. The first kappa shape index (κ1) is 18.7. The van der Waals surface area contributed by atoms with Gasteiger partial charge in [-0.2, -0.15) is 5.10 Å². The van der Waals surface area contributed by atoms with Crippen molar-refractivity contribution in [3.8, 4) is 17.2 Å². The van der Waals surface area contributed by atoms with Crippen LogP contribution in [0.25, 0.3) is 0 Å². The molecule has 0 bridgehead atoms. The van der Waals surface area contributed by atoms with E-state index in [9.17, 15) is 4.39 Å². The van der Waals surface area contributed by atoms with Gasteiger partial charge in [0.25, 0.3) is 0 Å². The molecule has 0 aliphatic heterocycles. The summed E-state index contributed by atoms with van der Waals surface area (Å²) >= 11 is 0. The van der Waals surface area contributed by atoms with Crippen molar-refractivity contribution in [3.05, 3.63) is 65.5 Å². The largest absolute Gasteiger partial charge is 0.493 e. The number of rotatable bonds is 8. The second-order valence-corrected chi connectivity index (χ2v) is 5.70. The van der Waals surface area contributed by atoms with Crippen molar-refractivity contribution in [1.82, 2.24) is 15.2 Å². The van der Waals surface area contributed by atoms with Gasteiger partial charge in [0.15, 0.2) is 23.1 Å². The van der Waals surface area contributed by atoms with E-state index in [2.05, 4.69) is 15.2 Å². The molecule has 0 aliphatic carbocycles. The lowest BCUT2D eigenvalue weighted by atomic mass is 10.1. The van der Waals surface area contributed by atoms with Gasteiger partial charge in [0, 0.05) is 0 Å². The number of nitrogens with one attached hydrogen (secondary N) is 1. The molecule has 0 saturated heterocycles. The summed E-state index contributed by atoms with van der Waals surface area (Å²) in [6, 6.07) is 10.7. The van der Waals surface area contributed by atoms with Gasteiger partial charge in [-0.15, -0.1) is 0 Å². The Hall–Kier alpha value is -3.13. The molecule has 2 aromatic carbocycles. The summed E-state index contributed by atoms with van der Waals surface area (Å²) in [5.74, 6) is 2.42. The van der Waals surface area contributed by atoms with Gasteiger partial charge in [0.05, 0.1) is 19.8 Å². The summed E-state index contributed by atoms with van der Waals surface area (Å²) in [5.41, 5.74) is 7.08. The standard InChI is InChI=1S/C19H21FN4O3/c1-3-26-16-10-12(4-9-15(16)25-2)18(21)19-22-17(23-24-19)11-27-14-7-5-13(20)6-8-14/h4-10,18H,3,11,21H2,1-2H3,(H,22,23,24)/t18-/m1/s1. The van der Waals surface area contributed by atoms with Crippen molar-refractivity contribution in [1.29, 1.82) is 0 Å². The Morgan fingerprint density at radius 3 is 2.59 bits per heavy atom.